The minimum absolute atomic E-state index is 0.00590. The summed E-state index contributed by atoms with van der Waals surface area (Å²) in [6.45, 7) is 10.4. The van der Waals surface area contributed by atoms with Crippen molar-refractivity contribution < 1.29 is 18.0 Å². The predicted octanol–water partition coefficient (Wildman–Crippen LogP) is 5.73. The Morgan fingerprint density at radius 1 is 0.857 bits per heavy atom. The molecule has 1 aliphatic rings. The number of rotatable bonds is 3. The number of hydrogen-bond acceptors (Lipinski definition) is 4. The van der Waals surface area contributed by atoms with Crippen molar-refractivity contribution in [2.45, 2.75) is 39.3 Å². The van der Waals surface area contributed by atoms with Gasteiger partial charge in [0.2, 0.25) is 0 Å². The number of carbonyl (C=O) groups excluding carboxylic acids is 1. The third-order valence-corrected chi connectivity index (χ3v) is 6.18. The maximum atomic E-state index is 13.1. The van der Waals surface area contributed by atoms with Crippen LogP contribution in [-0.4, -0.2) is 47.0 Å². The van der Waals surface area contributed by atoms with E-state index in [0.29, 0.717) is 48.8 Å². The molecular weight excluding hydrogens is 453 g/mol. The number of halogens is 3. The average molecular weight is 483 g/mol. The van der Waals surface area contributed by atoms with E-state index < -0.39 is 11.7 Å². The van der Waals surface area contributed by atoms with Crippen LogP contribution >= 0.6 is 0 Å². The number of aryl methyl sites for hydroxylation is 1. The van der Waals surface area contributed by atoms with Crippen LogP contribution in [0.15, 0.2) is 54.6 Å². The van der Waals surface area contributed by atoms with Crippen LogP contribution in [0.5, 0.6) is 0 Å². The minimum Gasteiger partial charge on any atom is -0.353 e. The zero-order valence-electron chi connectivity index (χ0n) is 20.4. The number of aromatic nitrogens is 2. The van der Waals surface area contributed by atoms with E-state index in [1.165, 1.54) is 11.6 Å². The van der Waals surface area contributed by atoms with E-state index in [0.717, 1.165) is 12.1 Å². The largest absolute Gasteiger partial charge is 0.416 e. The van der Waals surface area contributed by atoms with E-state index >= 15 is 0 Å². The van der Waals surface area contributed by atoms with Crippen LogP contribution < -0.4 is 4.90 Å². The van der Waals surface area contributed by atoms with Crippen molar-refractivity contribution in [1.82, 2.24) is 14.9 Å². The van der Waals surface area contributed by atoms with Gasteiger partial charge in [-0.05, 0) is 42.2 Å². The first-order valence-corrected chi connectivity index (χ1v) is 11.6. The second-order valence-corrected chi connectivity index (χ2v) is 9.88. The summed E-state index contributed by atoms with van der Waals surface area (Å²) in [4.78, 5) is 25.8. The first-order valence-electron chi connectivity index (χ1n) is 11.6. The van der Waals surface area contributed by atoms with Crippen LogP contribution in [0, 0.1) is 6.92 Å². The number of nitrogens with zero attached hydrogens (tertiary/aromatic N) is 4. The lowest BCUT2D eigenvalue weighted by molar-refractivity contribution is -0.137. The van der Waals surface area contributed by atoms with Gasteiger partial charge in [0.25, 0.3) is 5.91 Å². The van der Waals surface area contributed by atoms with Gasteiger partial charge in [0.15, 0.2) is 5.82 Å². The van der Waals surface area contributed by atoms with E-state index in [1.54, 1.807) is 13.0 Å². The Hall–Kier alpha value is -3.42. The quantitative estimate of drug-likeness (QED) is 0.478. The molecule has 5 nitrogen and oxygen atoms in total. The summed E-state index contributed by atoms with van der Waals surface area (Å²) >= 11 is 0. The molecule has 0 spiro atoms. The topological polar surface area (TPSA) is 49.3 Å². The molecule has 1 aromatic heterocycles. The molecular formula is C27H29F3N4O. The Morgan fingerprint density at radius 2 is 1.51 bits per heavy atom. The molecule has 0 N–H and O–H groups in total. The van der Waals surface area contributed by atoms with Crippen molar-refractivity contribution in [3.63, 3.8) is 0 Å². The molecule has 2 heterocycles. The molecule has 0 aliphatic carbocycles. The van der Waals surface area contributed by atoms with Crippen molar-refractivity contribution in [1.29, 1.82) is 0 Å². The lowest BCUT2D eigenvalue weighted by Gasteiger charge is -2.35. The standard InChI is InChI=1S/C27H29F3N4O/c1-18-16-23(32-24(31-18)20-6-5-7-22(17-20)27(28,29)30)33-12-14-34(15-13-33)25(35)19-8-10-21(11-9-19)26(2,3)4/h5-11,16-17H,12-15H2,1-4H3. The third-order valence-electron chi connectivity index (χ3n) is 6.18. The van der Waals surface area contributed by atoms with Gasteiger partial charge < -0.3 is 9.80 Å². The number of carbonyl (C=O) groups is 1. The maximum absolute atomic E-state index is 13.1. The first kappa shape index (κ1) is 24.7. The lowest BCUT2D eigenvalue weighted by atomic mass is 9.86. The number of amides is 1. The predicted molar refractivity (Wildman–Crippen MR) is 130 cm³/mol. The number of anilines is 1. The minimum atomic E-state index is -4.43. The van der Waals surface area contributed by atoms with Crippen LogP contribution in [0.1, 0.15) is 48.0 Å². The molecule has 1 fully saturated rings. The molecule has 3 aromatic rings. The van der Waals surface area contributed by atoms with Crippen LogP contribution in [0.25, 0.3) is 11.4 Å². The fraction of sp³-hybridized carbons (Fsp3) is 0.370. The molecule has 0 unspecified atom stereocenters. The van der Waals surface area contributed by atoms with Crippen LogP contribution in [-0.2, 0) is 11.6 Å². The second kappa shape index (κ2) is 9.32. The molecule has 1 saturated heterocycles. The Balaban J connectivity index is 1.47. The number of alkyl halides is 3. The highest BCUT2D eigenvalue weighted by Crippen LogP contribution is 2.32. The van der Waals surface area contributed by atoms with Crippen LogP contribution in [0.2, 0.25) is 0 Å². The molecule has 4 rings (SSSR count). The summed E-state index contributed by atoms with van der Waals surface area (Å²) in [6.07, 6.45) is -4.43. The fourth-order valence-corrected chi connectivity index (χ4v) is 4.11. The van der Waals surface area contributed by atoms with Gasteiger partial charge in [0.1, 0.15) is 5.82 Å². The molecule has 0 bridgehead atoms. The molecule has 0 radical (unpaired) electrons. The van der Waals surface area contributed by atoms with E-state index in [9.17, 15) is 18.0 Å². The highest BCUT2D eigenvalue weighted by molar-refractivity contribution is 5.94. The lowest BCUT2D eigenvalue weighted by Crippen LogP contribution is -2.49. The number of hydrogen-bond donors (Lipinski definition) is 0. The molecule has 0 atom stereocenters. The van der Waals surface area contributed by atoms with Gasteiger partial charge in [-0.2, -0.15) is 13.2 Å². The Bertz CT molecular complexity index is 1210. The molecule has 8 heteroatoms. The summed E-state index contributed by atoms with van der Waals surface area (Å²) < 4.78 is 39.4. The molecule has 1 aliphatic heterocycles. The zero-order chi connectivity index (χ0) is 25.4. The molecule has 35 heavy (non-hydrogen) atoms. The third kappa shape index (κ3) is 5.63. The van der Waals surface area contributed by atoms with Gasteiger partial charge in [-0.15, -0.1) is 0 Å². The van der Waals surface area contributed by atoms with Gasteiger partial charge in [0, 0.05) is 49.1 Å². The summed E-state index contributed by atoms with van der Waals surface area (Å²) in [5.74, 6) is 0.892. The van der Waals surface area contributed by atoms with Gasteiger partial charge in [-0.1, -0.05) is 45.0 Å². The SMILES string of the molecule is Cc1cc(N2CCN(C(=O)c3ccc(C(C)(C)C)cc3)CC2)nc(-c2cccc(C(F)(F)F)c2)n1. The number of benzene rings is 2. The summed E-state index contributed by atoms with van der Waals surface area (Å²) in [6, 6.07) is 14.6. The van der Waals surface area contributed by atoms with Gasteiger partial charge >= 0.3 is 6.18 Å². The Kier molecular flexibility index (Phi) is 6.58. The fourth-order valence-electron chi connectivity index (χ4n) is 4.11. The Morgan fingerprint density at radius 3 is 2.11 bits per heavy atom. The van der Waals surface area contributed by atoms with Gasteiger partial charge in [0.05, 0.1) is 5.56 Å². The van der Waals surface area contributed by atoms with Crippen LogP contribution in [0.3, 0.4) is 0 Å². The molecule has 2 aromatic carbocycles. The highest BCUT2D eigenvalue weighted by atomic mass is 19.4. The van der Waals surface area contributed by atoms with E-state index in [1.807, 2.05) is 40.1 Å². The van der Waals surface area contributed by atoms with Crippen molar-refractivity contribution >= 4 is 11.7 Å². The van der Waals surface area contributed by atoms with E-state index in [4.69, 9.17) is 0 Å². The average Bonchev–Trinajstić information content (AvgIpc) is 2.82. The molecule has 0 saturated carbocycles. The van der Waals surface area contributed by atoms with Crippen molar-refractivity contribution in [2.75, 3.05) is 31.1 Å². The maximum Gasteiger partial charge on any atom is 0.416 e. The monoisotopic (exact) mass is 482 g/mol. The normalized spacial score (nSPS) is 14.8. The summed E-state index contributed by atoms with van der Waals surface area (Å²) in [5, 5.41) is 0. The highest BCUT2D eigenvalue weighted by Gasteiger charge is 2.31. The first-order chi connectivity index (χ1) is 16.4. The zero-order valence-corrected chi connectivity index (χ0v) is 20.4. The van der Waals surface area contributed by atoms with Crippen molar-refractivity contribution in [3.8, 4) is 11.4 Å². The molecule has 184 valence electrons. The van der Waals surface area contributed by atoms with E-state index in [-0.39, 0.29) is 17.1 Å². The van der Waals surface area contributed by atoms with Crippen molar-refractivity contribution in [2.24, 2.45) is 0 Å². The smallest absolute Gasteiger partial charge is 0.353 e. The van der Waals surface area contributed by atoms with Gasteiger partial charge in [-0.3, -0.25) is 4.79 Å². The van der Waals surface area contributed by atoms with Gasteiger partial charge in [-0.25, -0.2) is 9.97 Å². The Labute approximate surface area is 203 Å². The summed E-state index contributed by atoms with van der Waals surface area (Å²) in [7, 11) is 0. The van der Waals surface area contributed by atoms with Crippen LogP contribution in [0.4, 0.5) is 19.0 Å². The van der Waals surface area contributed by atoms with E-state index in [2.05, 4.69) is 30.7 Å². The molecule has 1 amide bonds. The number of piperazine rings is 1. The van der Waals surface area contributed by atoms with Crippen molar-refractivity contribution in [3.05, 3.63) is 77.0 Å². The second-order valence-electron chi connectivity index (χ2n) is 9.88. The summed E-state index contributed by atoms with van der Waals surface area (Å²) in [5.41, 5.74) is 2.11.